The van der Waals surface area contributed by atoms with Crippen LogP contribution in [0.15, 0.2) is 0 Å². The van der Waals surface area contributed by atoms with Gasteiger partial charge in [0.25, 0.3) is 0 Å². The predicted molar refractivity (Wildman–Crippen MR) is 59.2 cm³/mol. The highest BCUT2D eigenvalue weighted by Crippen LogP contribution is 2.44. The number of nitrogens with one attached hydrogen (secondary N) is 1. The van der Waals surface area contributed by atoms with Crippen LogP contribution in [0.25, 0.3) is 0 Å². The van der Waals surface area contributed by atoms with E-state index in [1.165, 1.54) is 4.90 Å². The summed E-state index contributed by atoms with van der Waals surface area (Å²) in [4.78, 5) is 25.9. The summed E-state index contributed by atoms with van der Waals surface area (Å²) in [6, 6.07) is -0.298. The molecule has 3 amide bonds. The van der Waals surface area contributed by atoms with Crippen molar-refractivity contribution in [1.29, 1.82) is 0 Å². The van der Waals surface area contributed by atoms with Crippen molar-refractivity contribution >= 4 is 11.9 Å². The van der Waals surface area contributed by atoms with Crippen LogP contribution in [0.4, 0.5) is 4.79 Å². The van der Waals surface area contributed by atoms with Gasteiger partial charge in [-0.3, -0.25) is 14.6 Å². The zero-order valence-electron chi connectivity index (χ0n) is 9.69. The number of hydrogen-bond acceptors (Lipinski definition) is 4. The first-order valence-corrected chi connectivity index (χ1v) is 6.11. The summed E-state index contributed by atoms with van der Waals surface area (Å²) in [7, 11) is 0. The van der Waals surface area contributed by atoms with E-state index in [1.54, 1.807) is 0 Å². The van der Waals surface area contributed by atoms with Crippen molar-refractivity contribution in [2.75, 3.05) is 32.7 Å². The largest absolute Gasteiger partial charge is 0.387 e. The number of aliphatic hydroxyl groups is 1. The van der Waals surface area contributed by atoms with Crippen LogP contribution in [-0.4, -0.2) is 65.2 Å². The Labute approximate surface area is 99.6 Å². The normalized spacial score (nSPS) is 28.2. The second-order valence-corrected chi connectivity index (χ2v) is 5.29. The molecule has 3 aliphatic rings. The van der Waals surface area contributed by atoms with Crippen molar-refractivity contribution in [1.82, 2.24) is 15.1 Å². The average molecular weight is 239 g/mol. The zero-order valence-corrected chi connectivity index (χ0v) is 9.69. The van der Waals surface area contributed by atoms with Crippen molar-refractivity contribution in [3.63, 3.8) is 0 Å². The number of amides is 3. The molecular formula is C11H17N3O3. The maximum absolute atomic E-state index is 11.3. The van der Waals surface area contributed by atoms with Gasteiger partial charge >= 0.3 is 6.03 Å². The minimum atomic E-state index is -0.489. The number of likely N-dealkylation sites (tertiary alicyclic amines) is 1. The Morgan fingerprint density at radius 1 is 1.29 bits per heavy atom. The van der Waals surface area contributed by atoms with Gasteiger partial charge in [-0.1, -0.05) is 0 Å². The van der Waals surface area contributed by atoms with Crippen LogP contribution in [0.5, 0.6) is 0 Å². The highest BCUT2D eigenvalue weighted by Gasteiger charge is 2.51. The smallest absolute Gasteiger partial charge is 0.324 e. The van der Waals surface area contributed by atoms with E-state index in [-0.39, 0.29) is 18.5 Å². The summed E-state index contributed by atoms with van der Waals surface area (Å²) >= 11 is 0. The van der Waals surface area contributed by atoms with Crippen LogP contribution in [0.3, 0.4) is 0 Å². The van der Waals surface area contributed by atoms with Gasteiger partial charge in [-0.05, 0) is 18.8 Å². The second kappa shape index (κ2) is 3.68. The molecule has 3 fully saturated rings. The lowest BCUT2D eigenvalue weighted by molar-refractivity contribution is -0.127. The molecule has 0 bridgehead atoms. The molecule has 0 atom stereocenters. The number of carbonyl (C=O) groups excluding carboxylic acids is 2. The van der Waals surface area contributed by atoms with Crippen molar-refractivity contribution in [2.24, 2.45) is 5.92 Å². The number of hydrogen-bond donors (Lipinski definition) is 2. The molecule has 2 saturated heterocycles. The van der Waals surface area contributed by atoms with E-state index in [0.29, 0.717) is 32.1 Å². The van der Waals surface area contributed by atoms with Crippen LogP contribution in [-0.2, 0) is 4.79 Å². The lowest BCUT2D eigenvalue weighted by atomic mass is 9.89. The fourth-order valence-electron chi connectivity index (χ4n) is 2.69. The molecule has 2 aliphatic heterocycles. The standard InChI is InChI=1S/C11H17N3O3/c15-9-5-12-10(16)14(9)4-3-13-6-11(17,7-13)8-1-2-8/h8,17H,1-7H2,(H,12,16). The molecular weight excluding hydrogens is 222 g/mol. The van der Waals surface area contributed by atoms with Gasteiger partial charge in [-0.25, -0.2) is 4.79 Å². The maximum atomic E-state index is 11.3. The molecule has 3 rings (SSSR count). The Morgan fingerprint density at radius 3 is 2.53 bits per heavy atom. The molecule has 0 unspecified atom stereocenters. The minimum Gasteiger partial charge on any atom is -0.387 e. The van der Waals surface area contributed by atoms with Crippen molar-refractivity contribution in [2.45, 2.75) is 18.4 Å². The van der Waals surface area contributed by atoms with Gasteiger partial charge in [0.05, 0.1) is 12.1 Å². The number of β-amino-alcohol motifs (C(OH)–C–C–N with tert-alkyl or cyclic N) is 1. The molecule has 0 radical (unpaired) electrons. The van der Waals surface area contributed by atoms with Gasteiger partial charge in [-0.2, -0.15) is 0 Å². The topological polar surface area (TPSA) is 72.9 Å². The Morgan fingerprint density at radius 2 is 2.00 bits per heavy atom. The molecule has 0 spiro atoms. The van der Waals surface area contributed by atoms with Gasteiger partial charge < -0.3 is 10.4 Å². The average Bonchev–Trinajstić information content (AvgIpc) is 3.03. The summed E-state index contributed by atoms with van der Waals surface area (Å²) in [5, 5.41) is 12.6. The number of urea groups is 1. The van der Waals surface area contributed by atoms with E-state index < -0.39 is 5.60 Å². The fraction of sp³-hybridized carbons (Fsp3) is 0.818. The zero-order chi connectivity index (χ0) is 12.0. The number of imide groups is 1. The first-order valence-electron chi connectivity index (χ1n) is 6.11. The molecule has 17 heavy (non-hydrogen) atoms. The molecule has 0 aromatic carbocycles. The van der Waals surface area contributed by atoms with Gasteiger partial charge in [0.2, 0.25) is 5.91 Å². The quantitative estimate of drug-likeness (QED) is 0.617. The first-order chi connectivity index (χ1) is 8.08. The second-order valence-electron chi connectivity index (χ2n) is 5.29. The van der Waals surface area contributed by atoms with Crippen LogP contribution in [0.2, 0.25) is 0 Å². The Hall–Kier alpha value is -1.14. The summed E-state index contributed by atoms with van der Waals surface area (Å²) in [6.07, 6.45) is 2.27. The van der Waals surface area contributed by atoms with E-state index in [0.717, 1.165) is 12.8 Å². The van der Waals surface area contributed by atoms with Crippen LogP contribution < -0.4 is 5.32 Å². The van der Waals surface area contributed by atoms with Crippen LogP contribution in [0, 0.1) is 5.92 Å². The lowest BCUT2D eigenvalue weighted by Crippen LogP contribution is -2.64. The van der Waals surface area contributed by atoms with E-state index in [1.807, 2.05) is 0 Å². The molecule has 1 saturated carbocycles. The van der Waals surface area contributed by atoms with E-state index in [9.17, 15) is 14.7 Å². The molecule has 0 aromatic rings. The molecule has 2 heterocycles. The van der Waals surface area contributed by atoms with Crippen molar-refractivity contribution < 1.29 is 14.7 Å². The van der Waals surface area contributed by atoms with E-state index in [4.69, 9.17) is 0 Å². The number of rotatable bonds is 4. The van der Waals surface area contributed by atoms with Gasteiger partial charge in [0.1, 0.15) is 0 Å². The van der Waals surface area contributed by atoms with Crippen LogP contribution in [0.1, 0.15) is 12.8 Å². The lowest BCUT2D eigenvalue weighted by Gasteiger charge is -2.47. The van der Waals surface area contributed by atoms with Gasteiger partial charge in [0, 0.05) is 26.2 Å². The van der Waals surface area contributed by atoms with Crippen molar-refractivity contribution in [3.8, 4) is 0 Å². The third kappa shape index (κ3) is 1.91. The predicted octanol–water partition coefficient (Wildman–Crippen LogP) is -1.01. The summed E-state index contributed by atoms with van der Waals surface area (Å²) in [5.41, 5.74) is -0.489. The first kappa shape index (κ1) is 11.0. The van der Waals surface area contributed by atoms with Crippen molar-refractivity contribution in [3.05, 3.63) is 0 Å². The summed E-state index contributed by atoms with van der Waals surface area (Å²) < 4.78 is 0. The highest BCUT2D eigenvalue weighted by atomic mass is 16.3. The van der Waals surface area contributed by atoms with Gasteiger partial charge in [0.15, 0.2) is 0 Å². The molecule has 0 aromatic heterocycles. The Bertz CT molecular complexity index is 345. The molecule has 6 heteroatoms. The molecule has 94 valence electrons. The number of carbonyl (C=O) groups is 2. The van der Waals surface area contributed by atoms with E-state index >= 15 is 0 Å². The maximum Gasteiger partial charge on any atom is 0.324 e. The summed E-state index contributed by atoms with van der Waals surface area (Å²) in [5.74, 6) is 0.323. The third-order valence-electron chi connectivity index (χ3n) is 3.91. The molecule has 1 aliphatic carbocycles. The minimum absolute atomic E-state index is 0.116. The third-order valence-corrected chi connectivity index (χ3v) is 3.91. The molecule has 6 nitrogen and oxygen atoms in total. The molecule has 2 N–H and O–H groups in total. The Kier molecular flexibility index (Phi) is 2.38. The van der Waals surface area contributed by atoms with Gasteiger partial charge in [-0.15, -0.1) is 0 Å². The summed E-state index contributed by atoms with van der Waals surface area (Å²) in [6.45, 7) is 2.56. The number of nitrogens with zero attached hydrogens (tertiary/aromatic N) is 2. The Balaban J connectivity index is 1.44. The fourth-order valence-corrected chi connectivity index (χ4v) is 2.69. The van der Waals surface area contributed by atoms with Crippen LogP contribution >= 0.6 is 0 Å². The monoisotopic (exact) mass is 239 g/mol. The van der Waals surface area contributed by atoms with E-state index in [2.05, 4.69) is 10.2 Å². The highest BCUT2D eigenvalue weighted by molar-refractivity contribution is 6.01. The SMILES string of the molecule is O=C1CNC(=O)N1CCN1CC(O)(C2CC2)C1.